The summed E-state index contributed by atoms with van der Waals surface area (Å²) in [4.78, 5) is 20.7. The van der Waals surface area contributed by atoms with Gasteiger partial charge in [0.2, 0.25) is 5.13 Å². The number of anilines is 1. The summed E-state index contributed by atoms with van der Waals surface area (Å²) >= 11 is 1.34. The summed E-state index contributed by atoms with van der Waals surface area (Å²) in [6, 6.07) is 17.9. The fourth-order valence-corrected chi connectivity index (χ4v) is 4.11. The molecule has 0 saturated carbocycles. The van der Waals surface area contributed by atoms with Gasteiger partial charge in [-0.2, -0.15) is 0 Å². The molecular formula is C22H17N5OS. The average molecular weight is 399 g/mol. The number of H-pyrrole nitrogens is 1. The van der Waals surface area contributed by atoms with Gasteiger partial charge in [-0.3, -0.25) is 10.1 Å². The van der Waals surface area contributed by atoms with Crippen molar-refractivity contribution in [3.05, 3.63) is 71.5 Å². The molecule has 5 rings (SSSR count). The van der Waals surface area contributed by atoms with Gasteiger partial charge in [-0.25, -0.2) is 4.98 Å². The first-order valence-corrected chi connectivity index (χ1v) is 10.00. The third-order valence-corrected chi connectivity index (χ3v) is 5.74. The van der Waals surface area contributed by atoms with Crippen LogP contribution in [0.1, 0.15) is 21.7 Å². The van der Waals surface area contributed by atoms with Gasteiger partial charge in [0.05, 0.1) is 11.2 Å². The van der Waals surface area contributed by atoms with Crippen molar-refractivity contribution in [2.45, 2.75) is 13.8 Å². The van der Waals surface area contributed by atoms with Crippen molar-refractivity contribution >= 4 is 44.2 Å². The molecule has 0 aliphatic heterocycles. The second-order valence-electron chi connectivity index (χ2n) is 6.92. The Balaban J connectivity index is 1.46. The third kappa shape index (κ3) is 3.15. The largest absolute Gasteiger partial charge is 0.353 e. The Morgan fingerprint density at radius 1 is 1.00 bits per heavy atom. The Morgan fingerprint density at radius 2 is 1.79 bits per heavy atom. The lowest BCUT2D eigenvalue weighted by Gasteiger charge is -2.03. The van der Waals surface area contributed by atoms with Gasteiger partial charge in [-0.1, -0.05) is 59.4 Å². The van der Waals surface area contributed by atoms with Crippen molar-refractivity contribution in [2.24, 2.45) is 0 Å². The molecule has 5 aromatic rings. The number of benzene rings is 2. The quantitative estimate of drug-likeness (QED) is 0.442. The number of carbonyl (C=O) groups is 1. The number of rotatable bonds is 3. The van der Waals surface area contributed by atoms with Gasteiger partial charge >= 0.3 is 0 Å². The van der Waals surface area contributed by atoms with E-state index in [0.29, 0.717) is 10.8 Å². The van der Waals surface area contributed by atoms with E-state index in [-0.39, 0.29) is 5.91 Å². The van der Waals surface area contributed by atoms with E-state index in [0.717, 1.165) is 38.1 Å². The maximum absolute atomic E-state index is 12.8. The van der Waals surface area contributed by atoms with Gasteiger partial charge in [-0.05, 0) is 26.0 Å². The Hall–Kier alpha value is -3.58. The zero-order valence-electron chi connectivity index (χ0n) is 15.9. The van der Waals surface area contributed by atoms with E-state index in [1.165, 1.54) is 16.9 Å². The number of nitrogens with one attached hydrogen (secondary N) is 2. The lowest BCUT2D eigenvalue weighted by molar-refractivity contribution is 0.102. The number of nitrogens with zero attached hydrogens (tertiary/aromatic N) is 3. The Morgan fingerprint density at radius 3 is 2.62 bits per heavy atom. The number of pyridine rings is 1. The van der Waals surface area contributed by atoms with E-state index in [4.69, 9.17) is 0 Å². The van der Waals surface area contributed by atoms with Crippen molar-refractivity contribution in [1.82, 2.24) is 20.2 Å². The highest BCUT2D eigenvalue weighted by atomic mass is 32.1. The summed E-state index contributed by atoms with van der Waals surface area (Å²) in [6.07, 6.45) is 0. The maximum atomic E-state index is 12.8. The molecule has 0 aliphatic rings. The molecule has 0 atom stereocenters. The van der Waals surface area contributed by atoms with Crippen molar-refractivity contribution in [2.75, 3.05) is 5.32 Å². The van der Waals surface area contributed by atoms with Crippen LogP contribution in [0.5, 0.6) is 0 Å². The van der Waals surface area contributed by atoms with Crippen molar-refractivity contribution < 1.29 is 4.79 Å². The van der Waals surface area contributed by atoms with Crippen LogP contribution in [0.25, 0.3) is 32.4 Å². The predicted octanol–water partition coefficient (Wildman–Crippen LogP) is 5.10. The molecule has 1 amide bonds. The zero-order valence-corrected chi connectivity index (χ0v) is 16.7. The van der Waals surface area contributed by atoms with E-state index in [1.807, 2.05) is 68.4 Å². The van der Waals surface area contributed by atoms with Gasteiger partial charge in [0.1, 0.15) is 10.7 Å². The van der Waals surface area contributed by atoms with Crippen LogP contribution in [0.2, 0.25) is 0 Å². The van der Waals surface area contributed by atoms with Gasteiger partial charge in [-0.15, -0.1) is 10.2 Å². The standard InChI is InChI=1S/C22H17N5OS/c1-12-7-9-14(10-8-12)21-26-27-22(29-21)25-20(28)18-11-16-15-5-3-4-6-17(15)24-19(16)13(2)23-18/h3-11,24H,1-2H3,(H,25,27,28). The fourth-order valence-electron chi connectivity index (χ4n) is 3.37. The minimum absolute atomic E-state index is 0.299. The molecule has 29 heavy (non-hydrogen) atoms. The van der Waals surface area contributed by atoms with Gasteiger partial charge in [0.15, 0.2) is 0 Å². The zero-order chi connectivity index (χ0) is 20.0. The van der Waals surface area contributed by atoms with E-state index in [2.05, 4.69) is 25.5 Å². The monoisotopic (exact) mass is 399 g/mol. The molecule has 0 bridgehead atoms. The molecule has 142 valence electrons. The van der Waals surface area contributed by atoms with Gasteiger partial charge in [0.25, 0.3) is 5.91 Å². The molecule has 3 heterocycles. The molecule has 0 fully saturated rings. The molecule has 0 unspecified atom stereocenters. The first kappa shape index (κ1) is 17.5. The first-order valence-electron chi connectivity index (χ1n) is 9.18. The Kier molecular flexibility index (Phi) is 4.10. The Labute approximate surface area is 170 Å². The number of hydrogen-bond acceptors (Lipinski definition) is 5. The van der Waals surface area contributed by atoms with Crippen molar-refractivity contribution in [3.63, 3.8) is 0 Å². The lowest BCUT2D eigenvalue weighted by atomic mass is 10.1. The third-order valence-electron chi connectivity index (χ3n) is 4.85. The average Bonchev–Trinajstić information content (AvgIpc) is 3.33. The number of carbonyl (C=O) groups excluding carboxylic acids is 1. The van der Waals surface area contributed by atoms with Gasteiger partial charge < -0.3 is 4.98 Å². The number of para-hydroxylation sites is 1. The van der Waals surface area contributed by atoms with Gasteiger partial charge in [0, 0.05) is 21.9 Å². The van der Waals surface area contributed by atoms with Crippen LogP contribution in [0.3, 0.4) is 0 Å². The van der Waals surface area contributed by atoms with Crippen LogP contribution < -0.4 is 5.32 Å². The molecular weight excluding hydrogens is 382 g/mol. The number of hydrogen-bond donors (Lipinski definition) is 2. The molecule has 0 saturated heterocycles. The van der Waals surface area contributed by atoms with Crippen LogP contribution in [-0.2, 0) is 0 Å². The number of aryl methyl sites for hydroxylation is 2. The highest BCUT2D eigenvalue weighted by Crippen LogP contribution is 2.29. The highest BCUT2D eigenvalue weighted by molar-refractivity contribution is 7.18. The van der Waals surface area contributed by atoms with Crippen LogP contribution in [0.4, 0.5) is 5.13 Å². The second kappa shape index (κ2) is 6.79. The molecule has 0 radical (unpaired) electrons. The Bertz CT molecular complexity index is 1370. The van der Waals surface area contributed by atoms with E-state index in [1.54, 1.807) is 0 Å². The van der Waals surface area contributed by atoms with E-state index < -0.39 is 0 Å². The van der Waals surface area contributed by atoms with Crippen molar-refractivity contribution in [3.8, 4) is 10.6 Å². The number of aromatic amines is 1. The summed E-state index contributed by atoms with van der Waals surface area (Å²) in [5.74, 6) is -0.299. The maximum Gasteiger partial charge on any atom is 0.276 e. The highest BCUT2D eigenvalue weighted by Gasteiger charge is 2.16. The minimum atomic E-state index is -0.299. The smallest absolute Gasteiger partial charge is 0.276 e. The van der Waals surface area contributed by atoms with Crippen LogP contribution in [0.15, 0.2) is 54.6 Å². The number of aromatic nitrogens is 4. The minimum Gasteiger partial charge on any atom is -0.353 e. The predicted molar refractivity (Wildman–Crippen MR) is 116 cm³/mol. The van der Waals surface area contributed by atoms with Crippen LogP contribution in [0, 0.1) is 13.8 Å². The topological polar surface area (TPSA) is 83.6 Å². The normalized spacial score (nSPS) is 11.2. The number of fused-ring (bicyclic) bond motifs is 3. The molecule has 2 aromatic carbocycles. The summed E-state index contributed by atoms with van der Waals surface area (Å²) in [5.41, 5.74) is 5.26. The molecule has 6 nitrogen and oxygen atoms in total. The molecule has 2 N–H and O–H groups in total. The van der Waals surface area contributed by atoms with Crippen molar-refractivity contribution in [1.29, 1.82) is 0 Å². The van der Waals surface area contributed by atoms with E-state index >= 15 is 0 Å². The SMILES string of the molecule is Cc1ccc(-c2nnc(NC(=O)c3cc4c([nH]c5ccccc54)c(C)n3)s2)cc1. The lowest BCUT2D eigenvalue weighted by Crippen LogP contribution is -2.14. The molecule has 0 aliphatic carbocycles. The summed E-state index contributed by atoms with van der Waals surface area (Å²) in [5, 5.41) is 14.4. The first-order chi connectivity index (χ1) is 14.1. The fraction of sp³-hybridized carbons (Fsp3) is 0.0909. The van der Waals surface area contributed by atoms with Crippen LogP contribution in [-0.4, -0.2) is 26.1 Å². The summed E-state index contributed by atoms with van der Waals surface area (Å²) in [7, 11) is 0. The second-order valence-corrected chi connectivity index (χ2v) is 7.90. The number of amides is 1. The molecule has 3 aromatic heterocycles. The molecule has 7 heteroatoms. The van der Waals surface area contributed by atoms with Crippen LogP contribution >= 0.6 is 11.3 Å². The summed E-state index contributed by atoms with van der Waals surface area (Å²) < 4.78 is 0. The molecule has 0 spiro atoms. The van der Waals surface area contributed by atoms with E-state index in [9.17, 15) is 4.79 Å². The summed E-state index contributed by atoms with van der Waals surface area (Å²) in [6.45, 7) is 3.93.